The van der Waals surface area contributed by atoms with Crippen LogP contribution in [0.3, 0.4) is 0 Å². The van der Waals surface area contributed by atoms with Gasteiger partial charge in [0.15, 0.2) is 0 Å². The topological polar surface area (TPSA) is 114 Å². The van der Waals surface area contributed by atoms with Crippen molar-refractivity contribution in [2.75, 3.05) is 23.3 Å². The molecule has 11 heteroatoms. The summed E-state index contributed by atoms with van der Waals surface area (Å²) >= 11 is 5.71. The van der Waals surface area contributed by atoms with E-state index >= 15 is 0 Å². The quantitative estimate of drug-likeness (QED) is 0.382. The zero-order chi connectivity index (χ0) is 24.8. The van der Waals surface area contributed by atoms with Gasteiger partial charge in [-0.15, -0.1) is 0 Å². The van der Waals surface area contributed by atoms with Gasteiger partial charge >= 0.3 is 6.09 Å². The molecule has 1 fully saturated rings. The highest BCUT2D eigenvalue weighted by Crippen LogP contribution is 2.24. The number of carbonyl (C=O) groups excluding carboxylic acids is 3. The fraction of sp³-hybridized carbons (Fsp3) is 0.125. The summed E-state index contributed by atoms with van der Waals surface area (Å²) < 4.78 is 19.9. The van der Waals surface area contributed by atoms with Crippen LogP contribution in [0.1, 0.15) is 15.9 Å². The van der Waals surface area contributed by atoms with E-state index in [1.165, 1.54) is 41.4 Å². The Kier molecular flexibility index (Phi) is 7.32. The molecule has 178 valence electrons. The van der Waals surface area contributed by atoms with Gasteiger partial charge in [-0.25, -0.2) is 14.2 Å². The van der Waals surface area contributed by atoms with E-state index in [1.54, 1.807) is 30.6 Å². The lowest BCUT2D eigenvalue weighted by Crippen LogP contribution is -2.33. The molecular weight excluding hydrogens is 477 g/mol. The number of nitrogens with one attached hydrogen (secondary N) is 2. The molecule has 3 heterocycles. The number of hydrogen-bond acceptors (Lipinski definition) is 6. The smallest absolute Gasteiger partial charge is 0.414 e. The lowest BCUT2D eigenvalue weighted by molar-refractivity contribution is -0.116. The first-order valence-corrected chi connectivity index (χ1v) is 10.8. The molecule has 2 aromatic heterocycles. The SMILES string of the molecule is O=C(/C=C/c1cccnc1)NCC1CN(c2ccc(C(=O)Nc3ccc(Cl)nc3)c(F)c2)C(=O)O1. The summed E-state index contributed by atoms with van der Waals surface area (Å²) in [6, 6.07) is 10.4. The molecule has 0 bridgehead atoms. The number of amides is 3. The third-order valence-electron chi connectivity index (χ3n) is 4.98. The van der Waals surface area contributed by atoms with Gasteiger partial charge in [-0.3, -0.25) is 19.5 Å². The molecule has 1 saturated heterocycles. The highest BCUT2D eigenvalue weighted by atomic mass is 35.5. The molecule has 1 aliphatic rings. The summed E-state index contributed by atoms with van der Waals surface area (Å²) in [6.45, 7) is 0.184. The first-order chi connectivity index (χ1) is 16.9. The molecule has 2 N–H and O–H groups in total. The third kappa shape index (κ3) is 6.18. The molecule has 0 aliphatic carbocycles. The van der Waals surface area contributed by atoms with Gasteiger partial charge in [0.1, 0.15) is 17.1 Å². The Hall–Kier alpha value is -4.31. The number of nitrogens with zero attached hydrogens (tertiary/aromatic N) is 3. The van der Waals surface area contributed by atoms with E-state index in [0.717, 1.165) is 11.6 Å². The first-order valence-electron chi connectivity index (χ1n) is 10.5. The number of carbonyl (C=O) groups is 3. The molecule has 0 spiro atoms. The van der Waals surface area contributed by atoms with Crippen molar-refractivity contribution < 1.29 is 23.5 Å². The molecule has 1 atom stereocenters. The lowest BCUT2D eigenvalue weighted by atomic mass is 10.1. The molecule has 1 aliphatic heterocycles. The molecule has 1 aromatic carbocycles. The van der Waals surface area contributed by atoms with Crippen molar-refractivity contribution in [1.29, 1.82) is 0 Å². The van der Waals surface area contributed by atoms with E-state index < -0.39 is 23.9 Å². The van der Waals surface area contributed by atoms with Gasteiger partial charge in [0.05, 0.1) is 36.2 Å². The van der Waals surface area contributed by atoms with Crippen LogP contribution in [0.4, 0.5) is 20.6 Å². The van der Waals surface area contributed by atoms with Gasteiger partial charge < -0.3 is 15.4 Å². The number of rotatable bonds is 7. The van der Waals surface area contributed by atoms with Crippen LogP contribution in [0, 0.1) is 5.82 Å². The summed E-state index contributed by atoms with van der Waals surface area (Å²) in [4.78, 5) is 45.8. The molecule has 4 rings (SSSR count). The fourth-order valence-corrected chi connectivity index (χ4v) is 3.37. The van der Waals surface area contributed by atoms with Crippen molar-refractivity contribution in [2.24, 2.45) is 0 Å². The van der Waals surface area contributed by atoms with Crippen LogP contribution in [0.25, 0.3) is 6.08 Å². The molecular formula is C24H19ClFN5O4. The van der Waals surface area contributed by atoms with Crippen LogP contribution in [-0.2, 0) is 9.53 Å². The summed E-state index contributed by atoms with van der Waals surface area (Å²) in [7, 11) is 0. The number of benzene rings is 1. The predicted molar refractivity (Wildman–Crippen MR) is 127 cm³/mol. The maximum absolute atomic E-state index is 14.7. The van der Waals surface area contributed by atoms with Crippen molar-refractivity contribution in [3.05, 3.63) is 89.2 Å². The minimum absolute atomic E-state index is 0.0799. The predicted octanol–water partition coefficient (Wildman–Crippen LogP) is 3.68. The second-order valence-electron chi connectivity index (χ2n) is 7.47. The molecule has 9 nitrogen and oxygen atoms in total. The average molecular weight is 496 g/mol. The zero-order valence-corrected chi connectivity index (χ0v) is 18.9. The maximum Gasteiger partial charge on any atom is 0.414 e. The Bertz CT molecular complexity index is 1270. The third-order valence-corrected chi connectivity index (χ3v) is 5.21. The molecule has 35 heavy (non-hydrogen) atoms. The summed E-state index contributed by atoms with van der Waals surface area (Å²) in [5.74, 6) is -1.85. The van der Waals surface area contributed by atoms with Crippen molar-refractivity contribution in [3.63, 3.8) is 0 Å². The van der Waals surface area contributed by atoms with Crippen molar-refractivity contribution in [3.8, 4) is 0 Å². The minimum Gasteiger partial charge on any atom is -0.442 e. The molecule has 0 saturated carbocycles. The molecule has 3 amide bonds. The first kappa shape index (κ1) is 23.8. The number of pyridine rings is 2. The van der Waals surface area contributed by atoms with Crippen LogP contribution in [0.15, 0.2) is 67.1 Å². The van der Waals surface area contributed by atoms with E-state index in [1.807, 2.05) is 0 Å². The number of anilines is 2. The van der Waals surface area contributed by atoms with Crippen molar-refractivity contribution >= 4 is 47.0 Å². The van der Waals surface area contributed by atoms with Crippen LogP contribution in [0.5, 0.6) is 0 Å². The molecule has 3 aromatic rings. The largest absolute Gasteiger partial charge is 0.442 e. The highest BCUT2D eigenvalue weighted by molar-refractivity contribution is 6.29. The Morgan fingerprint density at radius 1 is 1.23 bits per heavy atom. The number of hydrogen-bond donors (Lipinski definition) is 2. The summed E-state index contributed by atoms with van der Waals surface area (Å²) in [5, 5.41) is 5.44. The minimum atomic E-state index is -0.813. The summed E-state index contributed by atoms with van der Waals surface area (Å²) in [5.41, 5.74) is 1.14. The normalized spacial score (nSPS) is 15.2. The maximum atomic E-state index is 14.7. The van der Waals surface area contributed by atoms with Gasteiger partial charge in [-0.2, -0.15) is 0 Å². The van der Waals surface area contributed by atoms with E-state index in [9.17, 15) is 18.8 Å². The van der Waals surface area contributed by atoms with Crippen molar-refractivity contribution in [2.45, 2.75) is 6.10 Å². The number of halogens is 2. The number of cyclic esters (lactones) is 1. The van der Waals surface area contributed by atoms with Gasteiger partial charge in [-0.05, 0) is 48.0 Å². The van der Waals surface area contributed by atoms with Gasteiger partial charge in [0, 0.05) is 18.5 Å². The van der Waals surface area contributed by atoms with E-state index in [2.05, 4.69) is 20.6 Å². The van der Waals surface area contributed by atoms with Crippen LogP contribution < -0.4 is 15.5 Å². The summed E-state index contributed by atoms with van der Waals surface area (Å²) in [6.07, 6.45) is 6.25. The second kappa shape index (κ2) is 10.7. The Labute approximate surface area is 204 Å². The second-order valence-corrected chi connectivity index (χ2v) is 7.86. The highest BCUT2D eigenvalue weighted by Gasteiger charge is 2.33. The van der Waals surface area contributed by atoms with E-state index in [0.29, 0.717) is 5.69 Å². The lowest BCUT2D eigenvalue weighted by Gasteiger charge is -2.14. The van der Waals surface area contributed by atoms with Crippen molar-refractivity contribution in [1.82, 2.24) is 15.3 Å². The van der Waals surface area contributed by atoms with Gasteiger partial charge in [0.25, 0.3) is 5.91 Å². The fourth-order valence-electron chi connectivity index (χ4n) is 3.26. The van der Waals surface area contributed by atoms with Gasteiger partial charge in [-0.1, -0.05) is 17.7 Å². The Morgan fingerprint density at radius 3 is 2.80 bits per heavy atom. The monoisotopic (exact) mass is 495 g/mol. The number of ether oxygens (including phenoxy) is 1. The zero-order valence-electron chi connectivity index (χ0n) is 18.2. The standard InChI is InChI=1S/C24H19ClFN5O4/c25-21-7-4-16(12-28-21)30-23(33)19-6-5-17(10-20(19)26)31-14-18(35-24(31)34)13-29-22(32)8-3-15-2-1-9-27-11-15/h1-12,18H,13-14H2,(H,29,32)(H,30,33)/b8-3+. The van der Waals surface area contributed by atoms with Crippen LogP contribution >= 0.6 is 11.6 Å². The molecule has 1 unspecified atom stereocenters. The van der Waals surface area contributed by atoms with Crippen LogP contribution in [0.2, 0.25) is 5.15 Å². The number of aromatic nitrogens is 2. The Morgan fingerprint density at radius 2 is 2.09 bits per heavy atom. The van der Waals surface area contributed by atoms with E-state index in [4.69, 9.17) is 16.3 Å². The van der Waals surface area contributed by atoms with E-state index in [-0.39, 0.29) is 35.4 Å². The van der Waals surface area contributed by atoms with Crippen LogP contribution in [-0.4, -0.2) is 47.1 Å². The Balaban J connectivity index is 1.33. The molecule has 0 radical (unpaired) electrons. The average Bonchev–Trinajstić information content (AvgIpc) is 3.23. The van der Waals surface area contributed by atoms with Gasteiger partial charge in [0.2, 0.25) is 5.91 Å².